The summed E-state index contributed by atoms with van der Waals surface area (Å²) in [4.78, 5) is 24.2. The van der Waals surface area contributed by atoms with E-state index in [0.717, 1.165) is 11.1 Å². The predicted molar refractivity (Wildman–Crippen MR) is 98.3 cm³/mol. The molecule has 0 aliphatic heterocycles. The van der Waals surface area contributed by atoms with Gasteiger partial charge in [0.25, 0.3) is 0 Å². The third kappa shape index (κ3) is 5.45. The fraction of sp³-hybridized carbons (Fsp3) is 0.333. The molecule has 0 aliphatic rings. The summed E-state index contributed by atoms with van der Waals surface area (Å²) in [6.45, 7) is 4.12. The summed E-state index contributed by atoms with van der Waals surface area (Å²) in [5.41, 5.74) is 1.90. The number of hydrogen-bond donors (Lipinski definition) is 2. The van der Waals surface area contributed by atoms with Crippen molar-refractivity contribution in [3.05, 3.63) is 71.8 Å². The third-order valence-electron chi connectivity index (χ3n) is 4.30. The lowest BCUT2D eigenvalue weighted by Crippen LogP contribution is -2.38. The molecule has 2 atom stereocenters. The number of benzene rings is 2. The molecule has 0 aliphatic carbocycles. The zero-order chi connectivity index (χ0) is 18.2. The van der Waals surface area contributed by atoms with Crippen molar-refractivity contribution in [1.82, 2.24) is 5.32 Å². The largest absolute Gasteiger partial charge is 0.481 e. The van der Waals surface area contributed by atoms with Crippen LogP contribution in [0.3, 0.4) is 0 Å². The average Bonchev–Trinajstić information content (AvgIpc) is 2.60. The quantitative estimate of drug-likeness (QED) is 0.774. The van der Waals surface area contributed by atoms with Gasteiger partial charge in [0.1, 0.15) is 0 Å². The number of carboxylic acid groups (broad SMARTS) is 1. The Hall–Kier alpha value is -2.62. The van der Waals surface area contributed by atoms with Crippen LogP contribution in [0.5, 0.6) is 0 Å². The molecule has 0 heterocycles. The summed E-state index contributed by atoms with van der Waals surface area (Å²) < 4.78 is 0. The number of carbonyl (C=O) groups is 2. The van der Waals surface area contributed by atoms with Crippen molar-refractivity contribution >= 4 is 11.9 Å². The van der Waals surface area contributed by atoms with E-state index in [2.05, 4.69) is 5.32 Å². The Kier molecular flexibility index (Phi) is 6.75. The van der Waals surface area contributed by atoms with Crippen molar-refractivity contribution in [3.63, 3.8) is 0 Å². The number of carboxylic acids is 1. The van der Waals surface area contributed by atoms with Crippen molar-refractivity contribution in [2.75, 3.05) is 6.54 Å². The molecule has 2 N–H and O–H groups in total. The number of nitrogens with one attached hydrogen (secondary N) is 1. The lowest BCUT2D eigenvalue weighted by atomic mass is 9.87. The average molecular weight is 339 g/mol. The monoisotopic (exact) mass is 339 g/mol. The van der Waals surface area contributed by atoms with E-state index in [1.165, 1.54) is 0 Å². The predicted octanol–water partition coefficient (Wildman–Crippen LogP) is 3.49. The number of carbonyl (C=O) groups excluding carboxylic acids is 1. The topological polar surface area (TPSA) is 66.4 Å². The number of rotatable bonds is 8. The zero-order valence-corrected chi connectivity index (χ0v) is 14.7. The van der Waals surface area contributed by atoms with Crippen molar-refractivity contribution < 1.29 is 14.7 Å². The first-order chi connectivity index (χ1) is 12.0. The molecule has 0 saturated carbocycles. The minimum atomic E-state index is -0.898. The van der Waals surface area contributed by atoms with Gasteiger partial charge in [-0.3, -0.25) is 9.59 Å². The molecular formula is C21H25NO3. The molecule has 2 aromatic carbocycles. The van der Waals surface area contributed by atoms with E-state index in [-0.39, 0.29) is 24.3 Å². The molecule has 0 bridgehead atoms. The molecule has 2 aromatic rings. The van der Waals surface area contributed by atoms with Gasteiger partial charge in [-0.25, -0.2) is 0 Å². The smallest absolute Gasteiger partial charge is 0.308 e. The van der Waals surface area contributed by atoms with Crippen LogP contribution in [0.15, 0.2) is 60.7 Å². The summed E-state index contributed by atoms with van der Waals surface area (Å²) >= 11 is 0. The first-order valence-corrected chi connectivity index (χ1v) is 8.58. The van der Waals surface area contributed by atoms with E-state index in [4.69, 9.17) is 0 Å². The van der Waals surface area contributed by atoms with Gasteiger partial charge in [-0.1, -0.05) is 74.5 Å². The molecule has 25 heavy (non-hydrogen) atoms. The molecule has 4 nitrogen and oxygen atoms in total. The standard InChI is InChI=1S/C21H25NO3/c1-15(2)19(17-11-7-4-8-12-17)20(23)22-14-18(21(24)25)13-16-9-5-3-6-10-16/h3-12,15,18-19H,13-14H2,1-2H3,(H,22,23)(H,24,25). The lowest BCUT2D eigenvalue weighted by molar-refractivity contribution is -0.141. The SMILES string of the molecule is CC(C)C(C(=O)NCC(Cc1ccccc1)C(=O)O)c1ccccc1. The minimum absolute atomic E-state index is 0.124. The van der Waals surface area contributed by atoms with E-state index < -0.39 is 11.9 Å². The zero-order valence-electron chi connectivity index (χ0n) is 14.7. The van der Waals surface area contributed by atoms with Gasteiger partial charge < -0.3 is 10.4 Å². The fourth-order valence-electron chi connectivity index (χ4n) is 2.98. The second-order valence-corrected chi connectivity index (χ2v) is 6.60. The molecule has 4 heteroatoms. The van der Waals surface area contributed by atoms with Gasteiger partial charge in [0.15, 0.2) is 0 Å². The number of hydrogen-bond acceptors (Lipinski definition) is 2. The second kappa shape index (κ2) is 9.02. The maximum absolute atomic E-state index is 12.7. The Bertz CT molecular complexity index is 683. The van der Waals surface area contributed by atoms with Gasteiger partial charge in [0, 0.05) is 6.54 Å². The molecule has 0 fully saturated rings. The first kappa shape index (κ1) is 18.7. The summed E-state index contributed by atoms with van der Waals surface area (Å²) in [5.74, 6) is -1.83. The summed E-state index contributed by atoms with van der Waals surface area (Å²) in [6.07, 6.45) is 0.397. The molecule has 2 rings (SSSR count). The highest BCUT2D eigenvalue weighted by molar-refractivity contribution is 5.84. The van der Waals surface area contributed by atoms with Gasteiger partial charge >= 0.3 is 5.97 Å². The van der Waals surface area contributed by atoms with Gasteiger partial charge in [-0.15, -0.1) is 0 Å². The highest BCUT2D eigenvalue weighted by Gasteiger charge is 2.26. The first-order valence-electron chi connectivity index (χ1n) is 8.58. The lowest BCUT2D eigenvalue weighted by Gasteiger charge is -2.22. The Morgan fingerprint density at radius 1 is 0.960 bits per heavy atom. The van der Waals surface area contributed by atoms with Gasteiger partial charge in [-0.05, 0) is 23.5 Å². The number of aliphatic carboxylic acids is 1. The second-order valence-electron chi connectivity index (χ2n) is 6.60. The Morgan fingerprint density at radius 3 is 2.04 bits per heavy atom. The van der Waals surface area contributed by atoms with E-state index in [1.54, 1.807) is 0 Å². The summed E-state index contributed by atoms with van der Waals surface area (Å²) in [6, 6.07) is 19.1. The van der Waals surface area contributed by atoms with Crippen LogP contribution < -0.4 is 5.32 Å². The Labute approximate surface area is 148 Å². The Balaban J connectivity index is 2.03. The maximum atomic E-state index is 12.7. The van der Waals surface area contributed by atoms with Crippen LogP contribution in [0.1, 0.15) is 30.9 Å². The van der Waals surface area contributed by atoms with Crippen LogP contribution in [0.4, 0.5) is 0 Å². The minimum Gasteiger partial charge on any atom is -0.481 e. The Morgan fingerprint density at radius 2 is 1.52 bits per heavy atom. The van der Waals surface area contributed by atoms with Crippen molar-refractivity contribution in [2.45, 2.75) is 26.2 Å². The van der Waals surface area contributed by atoms with Gasteiger partial charge in [-0.2, -0.15) is 0 Å². The van der Waals surface area contributed by atoms with Crippen LogP contribution >= 0.6 is 0 Å². The van der Waals surface area contributed by atoms with Crippen molar-refractivity contribution in [1.29, 1.82) is 0 Å². The fourth-order valence-corrected chi connectivity index (χ4v) is 2.98. The molecular weight excluding hydrogens is 314 g/mol. The van der Waals surface area contributed by atoms with Gasteiger partial charge in [0.05, 0.1) is 11.8 Å². The molecule has 0 spiro atoms. The molecule has 0 radical (unpaired) electrons. The number of amides is 1. The third-order valence-corrected chi connectivity index (χ3v) is 4.30. The molecule has 132 valence electrons. The van der Waals surface area contributed by atoms with Crippen LogP contribution in [-0.2, 0) is 16.0 Å². The van der Waals surface area contributed by atoms with Crippen molar-refractivity contribution in [3.8, 4) is 0 Å². The van der Waals surface area contributed by atoms with Crippen LogP contribution in [0, 0.1) is 11.8 Å². The van der Waals surface area contributed by atoms with Crippen molar-refractivity contribution in [2.24, 2.45) is 11.8 Å². The van der Waals surface area contributed by atoms with E-state index >= 15 is 0 Å². The summed E-state index contributed by atoms with van der Waals surface area (Å²) in [7, 11) is 0. The molecule has 0 saturated heterocycles. The molecule has 2 unspecified atom stereocenters. The van der Waals surface area contributed by atoms with E-state index in [0.29, 0.717) is 6.42 Å². The van der Waals surface area contributed by atoms with Crippen LogP contribution in [0.25, 0.3) is 0 Å². The van der Waals surface area contributed by atoms with Gasteiger partial charge in [0.2, 0.25) is 5.91 Å². The maximum Gasteiger partial charge on any atom is 0.308 e. The normalized spacial score (nSPS) is 13.2. The van der Waals surface area contributed by atoms with E-state index in [9.17, 15) is 14.7 Å². The molecule has 1 amide bonds. The molecule has 0 aromatic heterocycles. The highest BCUT2D eigenvalue weighted by atomic mass is 16.4. The van der Waals surface area contributed by atoms with Crippen LogP contribution in [0.2, 0.25) is 0 Å². The highest BCUT2D eigenvalue weighted by Crippen LogP contribution is 2.24. The van der Waals surface area contributed by atoms with Crippen LogP contribution in [-0.4, -0.2) is 23.5 Å². The summed E-state index contributed by atoms with van der Waals surface area (Å²) in [5, 5.41) is 12.3. The van der Waals surface area contributed by atoms with E-state index in [1.807, 2.05) is 74.5 Å².